The van der Waals surface area contributed by atoms with Crippen molar-refractivity contribution in [2.24, 2.45) is 0 Å². The lowest BCUT2D eigenvalue weighted by Crippen LogP contribution is -2.30. The summed E-state index contributed by atoms with van der Waals surface area (Å²) < 4.78 is 5.34. The smallest absolute Gasteiger partial charge is 0.257 e. The van der Waals surface area contributed by atoms with Crippen LogP contribution in [0.4, 0.5) is 0 Å². The van der Waals surface area contributed by atoms with Crippen LogP contribution in [-0.4, -0.2) is 24.0 Å². The Bertz CT molecular complexity index is 635. The molecular formula is C16H15N3O2. The number of nitrogens with one attached hydrogen (secondary N) is 1. The molecule has 1 heterocycles. The lowest BCUT2D eigenvalue weighted by molar-refractivity contribution is -0.123. The molecule has 0 radical (unpaired) electrons. The third kappa shape index (κ3) is 4.62. The zero-order valence-electron chi connectivity index (χ0n) is 11.5. The number of carbonyl (C=O) groups is 1. The van der Waals surface area contributed by atoms with E-state index in [9.17, 15) is 4.79 Å². The van der Waals surface area contributed by atoms with E-state index in [4.69, 9.17) is 10.00 Å². The van der Waals surface area contributed by atoms with E-state index in [0.29, 0.717) is 24.3 Å². The van der Waals surface area contributed by atoms with Gasteiger partial charge in [-0.15, -0.1) is 0 Å². The van der Waals surface area contributed by atoms with Crippen LogP contribution in [0.2, 0.25) is 0 Å². The monoisotopic (exact) mass is 281 g/mol. The van der Waals surface area contributed by atoms with Crippen molar-refractivity contribution < 1.29 is 9.53 Å². The van der Waals surface area contributed by atoms with E-state index >= 15 is 0 Å². The van der Waals surface area contributed by atoms with Gasteiger partial charge in [-0.2, -0.15) is 5.26 Å². The highest BCUT2D eigenvalue weighted by Gasteiger charge is 2.05. The van der Waals surface area contributed by atoms with E-state index in [1.165, 1.54) is 0 Å². The van der Waals surface area contributed by atoms with Crippen molar-refractivity contribution >= 4 is 5.91 Å². The minimum Gasteiger partial charge on any atom is -0.482 e. The number of ether oxygens (including phenoxy) is 1. The van der Waals surface area contributed by atoms with Gasteiger partial charge in [-0.3, -0.25) is 9.78 Å². The highest BCUT2D eigenvalue weighted by atomic mass is 16.5. The first-order valence-electron chi connectivity index (χ1n) is 6.58. The summed E-state index contributed by atoms with van der Waals surface area (Å²) in [7, 11) is 0. The van der Waals surface area contributed by atoms with Crippen LogP contribution in [-0.2, 0) is 11.2 Å². The maximum atomic E-state index is 11.7. The van der Waals surface area contributed by atoms with Crippen molar-refractivity contribution in [3.8, 4) is 11.8 Å². The van der Waals surface area contributed by atoms with E-state index in [0.717, 1.165) is 5.69 Å². The fraction of sp³-hybridized carbons (Fsp3) is 0.188. The van der Waals surface area contributed by atoms with Crippen molar-refractivity contribution in [1.29, 1.82) is 5.26 Å². The molecule has 0 spiro atoms. The molecule has 1 aromatic carbocycles. The molecule has 0 saturated carbocycles. The van der Waals surface area contributed by atoms with Gasteiger partial charge in [-0.25, -0.2) is 0 Å². The summed E-state index contributed by atoms with van der Waals surface area (Å²) in [5, 5.41) is 11.7. The van der Waals surface area contributed by atoms with Gasteiger partial charge in [-0.1, -0.05) is 18.2 Å². The van der Waals surface area contributed by atoms with Crippen LogP contribution in [0.25, 0.3) is 0 Å². The van der Waals surface area contributed by atoms with Crippen molar-refractivity contribution in [3.63, 3.8) is 0 Å². The summed E-state index contributed by atoms with van der Waals surface area (Å²) in [6.07, 6.45) is 2.39. The van der Waals surface area contributed by atoms with Crippen molar-refractivity contribution in [2.45, 2.75) is 6.42 Å². The predicted molar refractivity (Wildman–Crippen MR) is 77.6 cm³/mol. The molecule has 0 fully saturated rings. The van der Waals surface area contributed by atoms with Crippen LogP contribution in [0.3, 0.4) is 0 Å². The molecule has 0 atom stereocenters. The van der Waals surface area contributed by atoms with Gasteiger partial charge in [0.1, 0.15) is 11.8 Å². The van der Waals surface area contributed by atoms with Crippen molar-refractivity contribution in [1.82, 2.24) is 10.3 Å². The average Bonchev–Trinajstić information content (AvgIpc) is 2.54. The third-order valence-corrected chi connectivity index (χ3v) is 2.80. The second-order valence-electron chi connectivity index (χ2n) is 4.32. The minimum atomic E-state index is -0.223. The Morgan fingerprint density at radius 3 is 2.81 bits per heavy atom. The summed E-state index contributed by atoms with van der Waals surface area (Å²) in [6.45, 7) is 0.389. The fourth-order valence-electron chi connectivity index (χ4n) is 1.76. The SMILES string of the molecule is N#Cc1ccccc1OCC(=O)NCCc1ccccn1. The first-order valence-corrected chi connectivity index (χ1v) is 6.58. The number of rotatable bonds is 6. The maximum absolute atomic E-state index is 11.7. The number of benzene rings is 1. The quantitative estimate of drug-likeness (QED) is 0.874. The van der Waals surface area contributed by atoms with Gasteiger partial charge in [0.25, 0.3) is 5.91 Å². The van der Waals surface area contributed by atoms with E-state index in [1.807, 2.05) is 24.3 Å². The number of amides is 1. The molecule has 5 nitrogen and oxygen atoms in total. The van der Waals surface area contributed by atoms with Crippen LogP contribution >= 0.6 is 0 Å². The van der Waals surface area contributed by atoms with E-state index in [1.54, 1.807) is 30.5 Å². The number of nitrogens with zero attached hydrogens (tertiary/aromatic N) is 2. The van der Waals surface area contributed by atoms with E-state index in [2.05, 4.69) is 10.3 Å². The summed E-state index contributed by atoms with van der Waals surface area (Å²) >= 11 is 0. The second kappa shape index (κ2) is 7.65. The van der Waals surface area contributed by atoms with Gasteiger partial charge in [-0.05, 0) is 24.3 Å². The molecule has 0 aliphatic rings. The third-order valence-electron chi connectivity index (χ3n) is 2.80. The Labute approximate surface area is 123 Å². The molecule has 2 rings (SSSR count). The minimum absolute atomic E-state index is 0.110. The fourth-order valence-corrected chi connectivity index (χ4v) is 1.76. The molecular weight excluding hydrogens is 266 g/mol. The molecule has 0 saturated heterocycles. The van der Waals surface area contributed by atoms with Gasteiger partial charge in [0.2, 0.25) is 0 Å². The zero-order valence-corrected chi connectivity index (χ0v) is 11.5. The molecule has 0 unspecified atom stereocenters. The normalized spacial score (nSPS) is 9.67. The van der Waals surface area contributed by atoms with Crippen LogP contribution < -0.4 is 10.1 Å². The van der Waals surface area contributed by atoms with Crippen LogP contribution in [0.15, 0.2) is 48.7 Å². The summed E-state index contributed by atoms with van der Waals surface area (Å²) in [5.74, 6) is 0.193. The molecule has 1 amide bonds. The van der Waals surface area contributed by atoms with Gasteiger partial charge >= 0.3 is 0 Å². The first-order chi connectivity index (χ1) is 10.3. The van der Waals surface area contributed by atoms with Crippen LogP contribution in [0.1, 0.15) is 11.3 Å². The number of carbonyl (C=O) groups excluding carboxylic acids is 1. The Kier molecular flexibility index (Phi) is 5.30. The Morgan fingerprint density at radius 2 is 2.05 bits per heavy atom. The van der Waals surface area contributed by atoms with Crippen molar-refractivity contribution in [3.05, 3.63) is 59.9 Å². The average molecular weight is 281 g/mol. The van der Waals surface area contributed by atoms with Crippen molar-refractivity contribution in [2.75, 3.05) is 13.2 Å². The number of hydrogen-bond donors (Lipinski definition) is 1. The summed E-state index contributed by atoms with van der Waals surface area (Å²) in [4.78, 5) is 15.8. The van der Waals surface area contributed by atoms with Crippen LogP contribution in [0.5, 0.6) is 5.75 Å². The van der Waals surface area contributed by atoms with E-state index in [-0.39, 0.29) is 12.5 Å². The number of aromatic nitrogens is 1. The molecule has 106 valence electrons. The predicted octanol–water partition coefficient (Wildman–Crippen LogP) is 1.69. The number of hydrogen-bond acceptors (Lipinski definition) is 4. The van der Waals surface area contributed by atoms with Crippen LogP contribution in [0, 0.1) is 11.3 Å². The molecule has 21 heavy (non-hydrogen) atoms. The standard InChI is InChI=1S/C16H15N3O2/c17-11-13-5-1-2-7-15(13)21-12-16(20)19-10-8-14-6-3-4-9-18-14/h1-7,9H,8,10,12H2,(H,19,20). The summed E-state index contributed by atoms with van der Waals surface area (Å²) in [5.41, 5.74) is 1.34. The van der Waals surface area contributed by atoms with Gasteiger partial charge in [0.05, 0.1) is 5.56 Å². The number of pyridine rings is 1. The molecule has 2 aromatic rings. The van der Waals surface area contributed by atoms with Gasteiger partial charge < -0.3 is 10.1 Å². The second-order valence-corrected chi connectivity index (χ2v) is 4.32. The first kappa shape index (κ1) is 14.5. The molecule has 1 aromatic heterocycles. The molecule has 0 aliphatic heterocycles. The summed E-state index contributed by atoms with van der Waals surface area (Å²) in [6, 6.07) is 14.5. The van der Waals surface area contributed by atoms with Gasteiger partial charge in [0, 0.05) is 24.9 Å². The molecule has 1 N–H and O–H groups in total. The Morgan fingerprint density at radius 1 is 1.24 bits per heavy atom. The Balaban J connectivity index is 1.74. The number of nitriles is 1. The number of para-hydroxylation sites is 1. The lowest BCUT2D eigenvalue weighted by Gasteiger charge is -2.08. The lowest BCUT2D eigenvalue weighted by atomic mass is 10.2. The van der Waals surface area contributed by atoms with Gasteiger partial charge in [0.15, 0.2) is 6.61 Å². The molecule has 0 bridgehead atoms. The largest absolute Gasteiger partial charge is 0.482 e. The Hall–Kier alpha value is -2.87. The highest BCUT2D eigenvalue weighted by Crippen LogP contribution is 2.15. The van der Waals surface area contributed by atoms with E-state index < -0.39 is 0 Å². The molecule has 0 aliphatic carbocycles. The topological polar surface area (TPSA) is 75.0 Å². The maximum Gasteiger partial charge on any atom is 0.257 e. The zero-order chi connectivity index (χ0) is 14.9. The highest BCUT2D eigenvalue weighted by molar-refractivity contribution is 5.77. The molecule has 5 heteroatoms.